The fraction of sp³-hybridized carbons (Fsp3) is 0.571. The number of hydrogen-bond acceptors (Lipinski definition) is 3. The molecule has 1 aromatic heterocycles. The second-order valence-corrected chi connectivity index (χ2v) is 4.60. The number of rotatable bonds is 5. The van der Waals surface area contributed by atoms with Gasteiger partial charge in [0.05, 0.1) is 6.07 Å². The Morgan fingerprint density at radius 3 is 3.18 bits per heavy atom. The number of pyridine rings is 1. The summed E-state index contributed by atoms with van der Waals surface area (Å²) < 4.78 is 0. The summed E-state index contributed by atoms with van der Waals surface area (Å²) in [6.07, 6.45) is 9.16. The highest BCUT2D eigenvalue weighted by Gasteiger charge is 2.25. The van der Waals surface area contributed by atoms with Crippen LogP contribution in [0.2, 0.25) is 0 Å². The first kappa shape index (κ1) is 12.1. The summed E-state index contributed by atoms with van der Waals surface area (Å²) in [4.78, 5) is 6.74. The molecule has 90 valence electrons. The predicted molar refractivity (Wildman–Crippen MR) is 67.2 cm³/mol. The number of likely N-dealkylation sites (tertiary alicyclic amines) is 1. The van der Waals surface area contributed by atoms with Crippen LogP contribution in [0.1, 0.15) is 43.7 Å². The monoisotopic (exact) mass is 229 g/mol. The minimum Gasteiger partial charge on any atom is -0.296 e. The molecule has 0 aromatic carbocycles. The number of nitrogens with zero attached hydrogens (tertiary/aromatic N) is 3. The average Bonchev–Trinajstić information content (AvgIpc) is 2.84. The van der Waals surface area contributed by atoms with E-state index in [0.717, 1.165) is 19.4 Å². The molecule has 1 atom stereocenters. The molecule has 0 N–H and O–H groups in total. The lowest BCUT2D eigenvalue weighted by Crippen LogP contribution is -2.24. The van der Waals surface area contributed by atoms with Gasteiger partial charge in [-0.1, -0.05) is 6.07 Å². The van der Waals surface area contributed by atoms with E-state index in [0.29, 0.717) is 12.5 Å². The zero-order valence-electron chi connectivity index (χ0n) is 10.2. The maximum absolute atomic E-state index is 8.52. The standard InChI is InChI=1S/C14H19N3/c15-8-2-1-3-10-17-11-5-7-14(17)13-6-4-9-16-12-13/h4,6,9,12,14H,1-3,5,7,10-11H2/t14-/m1/s1. The van der Waals surface area contributed by atoms with E-state index >= 15 is 0 Å². The van der Waals surface area contributed by atoms with Crippen LogP contribution in [0.3, 0.4) is 0 Å². The van der Waals surface area contributed by atoms with Crippen molar-refractivity contribution in [2.45, 2.75) is 38.1 Å². The first-order valence-electron chi connectivity index (χ1n) is 6.43. The van der Waals surface area contributed by atoms with Crippen molar-refractivity contribution in [2.24, 2.45) is 0 Å². The molecule has 2 heterocycles. The molecule has 1 aliphatic rings. The lowest BCUT2D eigenvalue weighted by Gasteiger charge is -2.24. The van der Waals surface area contributed by atoms with Gasteiger partial charge >= 0.3 is 0 Å². The van der Waals surface area contributed by atoms with Crippen molar-refractivity contribution in [1.82, 2.24) is 9.88 Å². The first-order valence-corrected chi connectivity index (χ1v) is 6.43. The van der Waals surface area contributed by atoms with Crippen LogP contribution in [0.4, 0.5) is 0 Å². The Hall–Kier alpha value is -1.40. The van der Waals surface area contributed by atoms with Gasteiger partial charge in [0.1, 0.15) is 0 Å². The van der Waals surface area contributed by atoms with Crippen LogP contribution in [-0.2, 0) is 0 Å². The Morgan fingerprint density at radius 2 is 2.41 bits per heavy atom. The van der Waals surface area contributed by atoms with Crippen molar-refractivity contribution in [3.63, 3.8) is 0 Å². The number of aromatic nitrogens is 1. The zero-order valence-corrected chi connectivity index (χ0v) is 10.2. The van der Waals surface area contributed by atoms with Crippen LogP contribution in [0, 0.1) is 11.3 Å². The molecule has 2 rings (SSSR count). The summed E-state index contributed by atoms with van der Waals surface area (Å²) in [5.74, 6) is 0. The molecule has 1 aliphatic heterocycles. The smallest absolute Gasteiger partial charge is 0.0621 e. The van der Waals surface area contributed by atoms with Gasteiger partial charge in [0.15, 0.2) is 0 Å². The second kappa shape index (κ2) is 6.36. The Kier molecular flexibility index (Phi) is 4.52. The second-order valence-electron chi connectivity index (χ2n) is 4.60. The highest BCUT2D eigenvalue weighted by molar-refractivity contribution is 5.15. The van der Waals surface area contributed by atoms with Crippen LogP contribution in [0.25, 0.3) is 0 Å². The molecule has 0 saturated carbocycles. The lowest BCUT2D eigenvalue weighted by molar-refractivity contribution is 0.252. The number of nitriles is 1. The Balaban J connectivity index is 1.87. The minimum absolute atomic E-state index is 0.547. The zero-order chi connectivity index (χ0) is 11.9. The molecular weight excluding hydrogens is 210 g/mol. The summed E-state index contributed by atoms with van der Waals surface area (Å²) in [6, 6.07) is 6.94. The highest BCUT2D eigenvalue weighted by atomic mass is 15.2. The van der Waals surface area contributed by atoms with E-state index < -0.39 is 0 Å². The molecule has 1 saturated heterocycles. The Morgan fingerprint density at radius 1 is 1.47 bits per heavy atom. The number of unbranched alkanes of at least 4 members (excludes halogenated alkanes) is 2. The van der Waals surface area contributed by atoms with Gasteiger partial charge in [-0.3, -0.25) is 9.88 Å². The Bertz CT molecular complexity index is 369. The van der Waals surface area contributed by atoms with Crippen LogP contribution < -0.4 is 0 Å². The van der Waals surface area contributed by atoms with Gasteiger partial charge in [0, 0.05) is 24.9 Å². The third kappa shape index (κ3) is 3.28. The van der Waals surface area contributed by atoms with E-state index in [9.17, 15) is 0 Å². The largest absolute Gasteiger partial charge is 0.296 e. The topological polar surface area (TPSA) is 39.9 Å². The van der Waals surface area contributed by atoms with E-state index in [1.807, 2.05) is 18.5 Å². The number of hydrogen-bond donors (Lipinski definition) is 0. The molecule has 0 amide bonds. The van der Waals surface area contributed by atoms with Crippen LogP contribution >= 0.6 is 0 Å². The fourth-order valence-electron chi connectivity index (χ4n) is 2.56. The molecule has 1 fully saturated rings. The van der Waals surface area contributed by atoms with Crippen molar-refractivity contribution >= 4 is 0 Å². The quantitative estimate of drug-likeness (QED) is 0.729. The highest BCUT2D eigenvalue weighted by Crippen LogP contribution is 2.31. The van der Waals surface area contributed by atoms with Crippen LogP contribution in [-0.4, -0.2) is 23.0 Å². The summed E-state index contributed by atoms with van der Waals surface area (Å²) in [7, 11) is 0. The van der Waals surface area contributed by atoms with E-state index in [-0.39, 0.29) is 0 Å². The maximum atomic E-state index is 8.52. The molecule has 0 spiro atoms. The van der Waals surface area contributed by atoms with Crippen molar-refractivity contribution < 1.29 is 0 Å². The maximum Gasteiger partial charge on any atom is 0.0621 e. The van der Waals surface area contributed by atoms with E-state index in [4.69, 9.17) is 5.26 Å². The van der Waals surface area contributed by atoms with Gasteiger partial charge in [0.25, 0.3) is 0 Å². The van der Waals surface area contributed by atoms with Crippen molar-refractivity contribution in [3.8, 4) is 6.07 Å². The summed E-state index contributed by atoms with van der Waals surface area (Å²) in [5.41, 5.74) is 1.34. The van der Waals surface area contributed by atoms with Crippen LogP contribution in [0.5, 0.6) is 0 Å². The van der Waals surface area contributed by atoms with Crippen molar-refractivity contribution in [1.29, 1.82) is 5.26 Å². The molecule has 3 nitrogen and oxygen atoms in total. The van der Waals surface area contributed by atoms with Gasteiger partial charge < -0.3 is 0 Å². The molecule has 0 bridgehead atoms. The molecule has 0 aliphatic carbocycles. The SMILES string of the molecule is N#CCCCCN1CCC[C@@H]1c1cccnc1. The van der Waals surface area contributed by atoms with Gasteiger partial charge in [-0.15, -0.1) is 0 Å². The van der Waals surface area contributed by atoms with E-state index in [1.54, 1.807) is 0 Å². The predicted octanol–water partition coefficient (Wildman–Crippen LogP) is 2.91. The Labute approximate surface area is 103 Å². The molecule has 17 heavy (non-hydrogen) atoms. The van der Waals surface area contributed by atoms with E-state index in [1.165, 1.54) is 24.9 Å². The van der Waals surface area contributed by atoms with Gasteiger partial charge in [-0.25, -0.2) is 0 Å². The minimum atomic E-state index is 0.547. The van der Waals surface area contributed by atoms with Gasteiger partial charge in [0.2, 0.25) is 0 Å². The summed E-state index contributed by atoms with van der Waals surface area (Å²) in [6.45, 7) is 2.30. The molecule has 3 heteroatoms. The van der Waals surface area contributed by atoms with Crippen molar-refractivity contribution in [2.75, 3.05) is 13.1 Å². The van der Waals surface area contributed by atoms with Crippen molar-refractivity contribution in [3.05, 3.63) is 30.1 Å². The first-order chi connectivity index (χ1) is 8.42. The van der Waals surface area contributed by atoms with Gasteiger partial charge in [-0.05, 0) is 50.4 Å². The summed E-state index contributed by atoms with van der Waals surface area (Å²) >= 11 is 0. The van der Waals surface area contributed by atoms with Crippen LogP contribution in [0.15, 0.2) is 24.5 Å². The third-order valence-electron chi connectivity index (χ3n) is 3.42. The normalized spacial score (nSPS) is 20.3. The average molecular weight is 229 g/mol. The molecule has 1 aromatic rings. The molecular formula is C14H19N3. The molecule has 0 unspecified atom stereocenters. The summed E-state index contributed by atoms with van der Waals surface area (Å²) in [5, 5.41) is 8.52. The third-order valence-corrected chi connectivity index (χ3v) is 3.42. The lowest BCUT2D eigenvalue weighted by atomic mass is 10.1. The molecule has 0 radical (unpaired) electrons. The van der Waals surface area contributed by atoms with Gasteiger partial charge in [-0.2, -0.15) is 5.26 Å². The van der Waals surface area contributed by atoms with E-state index in [2.05, 4.69) is 22.0 Å². The fourth-order valence-corrected chi connectivity index (χ4v) is 2.56.